The maximum Gasteiger partial charge on any atom is 0.217 e. The number of aromatic nitrogens is 3. The standard InChI is InChI=1S/C18H30N4O3/c1-6-13(7-2)25-15-10-8-9-14(17(15)19-12(3)23)22-11-16(20-21-22)18(4,5)24/h9,11,13,15,17,24H,6-8,10H2,1-5H3,(H,19,23)/t15-,17-/m1/s1. The lowest BCUT2D eigenvalue weighted by atomic mass is 9.95. The first-order valence-electron chi connectivity index (χ1n) is 9.04. The SMILES string of the molecule is CCC(CC)O[C@@H]1CCC=C(n2cc(C(C)(C)O)nn2)[C@H]1NC(C)=O. The molecule has 0 aliphatic heterocycles. The first-order valence-corrected chi connectivity index (χ1v) is 9.04. The number of ether oxygens (including phenoxy) is 1. The molecule has 1 amide bonds. The fraction of sp³-hybridized carbons (Fsp3) is 0.722. The average molecular weight is 350 g/mol. The van der Waals surface area contributed by atoms with Crippen LogP contribution in [0.4, 0.5) is 0 Å². The molecule has 1 aromatic rings. The quantitative estimate of drug-likeness (QED) is 0.787. The third kappa shape index (κ3) is 4.89. The summed E-state index contributed by atoms with van der Waals surface area (Å²) in [6.07, 6.45) is 7.38. The molecule has 0 spiro atoms. The van der Waals surface area contributed by atoms with E-state index in [4.69, 9.17) is 4.74 Å². The predicted molar refractivity (Wildman–Crippen MR) is 95.6 cm³/mol. The van der Waals surface area contributed by atoms with E-state index in [1.54, 1.807) is 24.7 Å². The Morgan fingerprint density at radius 3 is 2.68 bits per heavy atom. The molecule has 1 aliphatic carbocycles. The van der Waals surface area contributed by atoms with Gasteiger partial charge in [-0.2, -0.15) is 0 Å². The van der Waals surface area contributed by atoms with Gasteiger partial charge in [-0.05, 0) is 39.5 Å². The van der Waals surface area contributed by atoms with E-state index in [9.17, 15) is 9.90 Å². The Morgan fingerprint density at radius 2 is 2.16 bits per heavy atom. The highest BCUT2D eigenvalue weighted by atomic mass is 16.5. The fourth-order valence-corrected chi connectivity index (χ4v) is 3.05. The monoisotopic (exact) mass is 350 g/mol. The molecule has 7 heteroatoms. The first-order chi connectivity index (χ1) is 11.8. The lowest BCUT2D eigenvalue weighted by molar-refractivity contribution is -0.121. The number of hydrogen-bond donors (Lipinski definition) is 2. The molecule has 0 saturated carbocycles. The van der Waals surface area contributed by atoms with Gasteiger partial charge in [0, 0.05) is 6.92 Å². The summed E-state index contributed by atoms with van der Waals surface area (Å²) in [7, 11) is 0. The third-order valence-electron chi connectivity index (χ3n) is 4.52. The van der Waals surface area contributed by atoms with Crippen LogP contribution in [0.3, 0.4) is 0 Å². The molecule has 1 aromatic heterocycles. The second-order valence-electron chi connectivity index (χ2n) is 7.10. The average Bonchev–Trinajstić information content (AvgIpc) is 3.03. The summed E-state index contributed by atoms with van der Waals surface area (Å²) in [5.74, 6) is -0.112. The summed E-state index contributed by atoms with van der Waals surface area (Å²) in [5.41, 5.74) is 0.251. The van der Waals surface area contributed by atoms with E-state index in [0.717, 1.165) is 31.4 Å². The second-order valence-corrected chi connectivity index (χ2v) is 7.10. The van der Waals surface area contributed by atoms with Crippen LogP contribution in [0.15, 0.2) is 12.3 Å². The minimum absolute atomic E-state index is 0.108. The molecule has 2 atom stereocenters. The van der Waals surface area contributed by atoms with Crippen molar-refractivity contribution in [3.63, 3.8) is 0 Å². The van der Waals surface area contributed by atoms with Crippen molar-refractivity contribution in [1.29, 1.82) is 0 Å². The molecule has 7 nitrogen and oxygen atoms in total. The van der Waals surface area contributed by atoms with E-state index < -0.39 is 5.60 Å². The van der Waals surface area contributed by atoms with E-state index in [1.807, 2.05) is 0 Å². The van der Waals surface area contributed by atoms with Crippen LogP contribution in [-0.4, -0.2) is 44.3 Å². The van der Waals surface area contributed by atoms with Gasteiger partial charge >= 0.3 is 0 Å². The second kappa shape index (κ2) is 8.10. The first kappa shape index (κ1) is 19.6. The molecule has 1 heterocycles. The number of rotatable bonds is 7. The summed E-state index contributed by atoms with van der Waals surface area (Å²) in [6.45, 7) is 9.05. The molecular formula is C18H30N4O3. The maximum atomic E-state index is 11.7. The normalized spacial score (nSPS) is 21.3. The van der Waals surface area contributed by atoms with Crippen molar-refractivity contribution >= 4 is 11.6 Å². The van der Waals surface area contributed by atoms with Gasteiger partial charge in [0.15, 0.2) is 0 Å². The van der Waals surface area contributed by atoms with Gasteiger partial charge in [0.2, 0.25) is 5.91 Å². The zero-order valence-electron chi connectivity index (χ0n) is 15.8. The van der Waals surface area contributed by atoms with Gasteiger partial charge in [0.25, 0.3) is 0 Å². The number of carbonyl (C=O) groups is 1. The summed E-state index contributed by atoms with van der Waals surface area (Å²) < 4.78 is 7.90. The van der Waals surface area contributed by atoms with Crippen LogP contribution in [0.5, 0.6) is 0 Å². The molecular weight excluding hydrogens is 320 g/mol. The molecule has 0 fully saturated rings. The Kier molecular flexibility index (Phi) is 6.35. The number of aliphatic hydroxyl groups is 1. The summed E-state index contributed by atoms with van der Waals surface area (Å²) in [5, 5.41) is 21.3. The molecule has 0 bridgehead atoms. The Bertz CT molecular complexity index is 614. The van der Waals surface area contributed by atoms with E-state index in [1.165, 1.54) is 6.92 Å². The van der Waals surface area contributed by atoms with Crippen molar-refractivity contribution in [3.8, 4) is 0 Å². The van der Waals surface area contributed by atoms with Crippen molar-refractivity contribution in [3.05, 3.63) is 18.0 Å². The zero-order valence-corrected chi connectivity index (χ0v) is 15.8. The molecule has 2 N–H and O–H groups in total. The van der Waals surface area contributed by atoms with Gasteiger partial charge < -0.3 is 15.2 Å². The minimum Gasteiger partial charge on any atom is -0.384 e. The van der Waals surface area contributed by atoms with Crippen LogP contribution in [0.2, 0.25) is 0 Å². The molecule has 2 rings (SSSR count). The highest BCUT2D eigenvalue weighted by Gasteiger charge is 2.33. The van der Waals surface area contributed by atoms with Crippen LogP contribution in [0.1, 0.15) is 66.0 Å². The van der Waals surface area contributed by atoms with Gasteiger partial charge in [-0.1, -0.05) is 25.1 Å². The zero-order chi connectivity index (χ0) is 18.6. The lowest BCUT2D eigenvalue weighted by Crippen LogP contribution is -2.48. The Balaban J connectivity index is 2.29. The Hall–Kier alpha value is -1.73. The van der Waals surface area contributed by atoms with Crippen LogP contribution in [0, 0.1) is 0 Å². The highest BCUT2D eigenvalue weighted by molar-refractivity contribution is 5.75. The molecule has 25 heavy (non-hydrogen) atoms. The van der Waals surface area contributed by atoms with E-state index >= 15 is 0 Å². The number of hydrogen-bond acceptors (Lipinski definition) is 5. The van der Waals surface area contributed by atoms with Crippen LogP contribution in [0.25, 0.3) is 5.70 Å². The lowest BCUT2D eigenvalue weighted by Gasteiger charge is -2.34. The number of amides is 1. The summed E-state index contributed by atoms with van der Waals surface area (Å²) in [6, 6.07) is -0.289. The topological polar surface area (TPSA) is 89.3 Å². The van der Waals surface area contributed by atoms with Gasteiger partial charge in [-0.15, -0.1) is 5.10 Å². The minimum atomic E-state index is -1.07. The Labute approximate surface area is 149 Å². The largest absolute Gasteiger partial charge is 0.384 e. The molecule has 0 radical (unpaired) electrons. The third-order valence-corrected chi connectivity index (χ3v) is 4.52. The van der Waals surface area contributed by atoms with Gasteiger partial charge in [-0.3, -0.25) is 4.79 Å². The fourth-order valence-electron chi connectivity index (χ4n) is 3.05. The molecule has 1 aliphatic rings. The highest BCUT2D eigenvalue weighted by Crippen LogP contribution is 2.28. The van der Waals surface area contributed by atoms with Crippen molar-refractivity contribution < 1.29 is 14.6 Å². The van der Waals surface area contributed by atoms with Crippen molar-refractivity contribution in [2.45, 2.75) is 84.2 Å². The van der Waals surface area contributed by atoms with E-state index in [-0.39, 0.29) is 24.2 Å². The van der Waals surface area contributed by atoms with Gasteiger partial charge in [0.05, 0.1) is 30.1 Å². The smallest absolute Gasteiger partial charge is 0.217 e. The maximum absolute atomic E-state index is 11.7. The van der Waals surface area contributed by atoms with Crippen molar-refractivity contribution in [2.75, 3.05) is 0 Å². The van der Waals surface area contributed by atoms with Crippen molar-refractivity contribution in [2.24, 2.45) is 0 Å². The van der Waals surface area contributed by atoms with Crippen molar-refractivity contribution in [1.82, 2.24) is 20.3 Å². The molecule has 0 aromatic carbocycles. The number of carbonyl (C=O) groups excluding carboxylic acids is 1. The summed E-state index contributed by atoms with van der Waals surface area (Å²) >= 11 is 0. The number of allylic oxidation sites excluding steroid dienone is 1. The van der Waals surface area contributed by atoms with Gasteiger partial charge in [-0.25, -0.2) is 4.68 Å². The van der Waals surface area contributed by atoms with E-state index in [0.29, 0.717) is 5.69 Å². The number of nitrogens with one attached hydrogen (secondary N) is 1. The summed E-state index contributed by atoms with van der Waals surface area (Å²) in [4.78, 5) is 11.7. The molecule has 0 saturated heterocycles. The molecule has 140 valence electrons. The van der Waals surface area contributed by atoms with Gasteiger partial charge in [0.1, 0.15) is 11.3 Å². The molecule has 0 unspecified atom stereocenters. The van der Waals surface area contributed by atoms with Crippen LogP contribution >= 0.6 is 0 Å². The number of nitrogens with zero attached hydrogens (tertiary/aromatic N) is 3. The predicted octanol–water partition coefficient (Wildman–Crippen LogP) is 2.22. The van der Waals surface area contributed by atoms with Crippen LogP contribution < -0.4 is 5.32 Å². The van der Waals surface area contributed by atoms with Crippen LogP contribution in [-0.2, 0) is 15.1 Å². The Morgan fingerprint density at radius 1 is 1.48 bits per heavy atom. The van der Waals surface area contributed by atoms with E-state index in [2.05, 4.69) is 35.6 Å².